The Hall–Kier alpha value is -0.920. The molecule has 1 aromatic rings. The Bertz CT molecular complexity index is 586. The molecule has 106 valence electrons. The zero-order chi connectivity index (χ0) is 14.8. The van der Waals surface area contributed by atoms with Crippen molar-refractivity contribution >= 4 is 31.7 Å². The van der Waals surface area contributed by atoms with Crippen LogP contribution in [0.1, 0.15) is 20.3 Å². The van der Waals surface area contributed by atoms with E-state index in [1.807, 2.05) is 0 Å². The summed E-state index contributed by atoms with van der Waals surface area (Å²) < 4.78 is 25.5. The van der Waals surface area contributed by atoms with Gasteiger partial charge in [-0.2, -0.15) is 0 Å². The third-order valence-electron chi connectivity index (χ3n) is 2.73. The van der Waals surface area contributed by atoms with Crippen LogP contribution >= 0.6 is 15.9 Å². The smallest absolute Gasteiger partial charge is 0.253 e. The number of amides is 1. The second-order valence-electron chi connectivity index (χ2n) is 4.79. The van der Waals surface area contributed by atoms with Crippen molar-refractivity contribution < 1.29 is 13.2 Å². The SMILES string of the molecule is CC(C)C[C@](N)(C(N)=O)S(=O)(=O)c1ccccc1Br. The van der Waals surface area contributed by atoms with Crippen LogP contribution in [-0.2, 0) is 14.6 Å². The number of carbonyl (C=O) groups excluding carboxylic acids is 1. The lowest BCUT2D eigenvalue weighted by Gasteiger charge is -2.28. The molecule has 7 heteroatoms. The highest BCUT2D eigenvalue weighted by Crippen LogP contribution is 2.31. The number of primary amides is 1. The van der Waals surface area contributed by atoms with Crippen LogP contribution in [0.5, 0.6) is 0 Å². The first-order chi connectivity index (χ1) is 8.63. The maximum Gasteiger partial charge on any atom is 0.253 e. The van der Waals surface area contributed by atoms with Gasteiger partial charge in [0.1, 0.15) is 0 Å². The van der Waals surface area contributed by atoms with Crippen LogP contribution < -0.4 is 11.5 Å². The van der Waals surface area contributed by atoms with Gasteiger partial charge in [-0.3, -0.25) is 4.79 Å². The molecule has 0 spiro atoms. The van der Waals surface area contributed by atoms with Crippen LogP contribution in [0.4, 0.5) is 0 Å². The maximum atomic E-state index is 12.6. The molecule has 0 saturated heterocycles. The fraction of sp³-hybridized carbons (Fsp3) is 0.417. The van der Waals surface area contributed by atoms with Crippen molar-refractivity contribution in [1.29, 1.82) is 0 Å². The first kappa shape index (κ1) is 16.1. The van der Waals surface area contributed by atoms with Crippen molar-refractivity contribution in [2.75, 3.05) is 0 Å². The second kappa shape index (κ2) is 5.60. The molecule has 1 amide bonds. The van der Waals surface area contributed by atoms with E-state index in [0.29, 0.717) is 4.47 Å². The lowest BCUT2D eigenvalue weighted by atomic mass is 10.0. The molecular formula is C12H17BrN2O3S. The van der Waals surface area contributed by atoms with Crippen molar-refractivity contribution in [3.8, 4) is 0 Å². The first-order valence-electron chi connectivity index (χ1n) is 5.71. The van der Waals surface area contributed by atoms with E-state index in [0.717, 1.165) is 0 Å². The number of carbonyl (C=O) groups is 1. The number of hydrogen-bond acceptors (Lipinski definition) is 4. The predicted octanol–water partition coefficient (Wildman–Crippen LogP) is 1.41. The van der Waals surface area contributed by atoms with Gasteiger partial charge >= 0.3 is 0 Å². The highest BCUT2D eigenvalue weighted by atomic mass is 79.9. The summed E-state index contributed by atoms with van der Waals surface area (Å²) in [4.78, 5) is 9.45. The molecule has 0 heterocycles. The summed E-state index contributed by atoms with van der Waals surface area (Å²) in [5.74, 6) is -1.13. The molecule has 0 unspecified atom stereocenters. The Balaban J connectivity index is 3.46. The van der Waals surface area contributed by atoms with Crippen molar-refractivity contribution in [2.24, 2.45) is 17.4 Å². The van der Waals surface area contributed by atoms with Crippen molar-refractivity contribution in [1.82, 2.24) is 0 Å². The van der Waals surface area contributed by atoms with Gasteiger partial charge in [0.05, 0.1) is 4.90 Å². The summed E-state index contributed by atoms with van der Waals surface area (Å²) in [6.45, 7) is 3.56. The van der Waals surface area contributed by atoms with Gasteiger partial charge in [0, 0.05) is 4.47 Å². The quantitative estimate of drug-likeness (QED) is 0.839. The minimum atomic E-state index is -4.07. The molecule has 0 aliphatic carbocycles. The number of rotatable bonds is 5. The minimum absolute atomic E-state index is 0.0306. The van der Waals surface area contributed by atoms with Crippen LogP contribution in [0, 0.1) is 5.92 Å². The number of hydrogen-bond donors (Lipinski definition) is 2. The largest absolute Gasteiger partial charge is 0.367 e. The summed E-state index contributed by atoms with van der Waals surface area (Å²) in [6.07, 6.45) is -0.0357. The molecule has 0 bridgehead atoms. The molecule has 0 saturated carbocycles. The Kier molecular flexibility index (Phi) is 4.76. The third kappa shape index (κ3) is 2.98. The van der Waals surface area contributed by atoms with Gasteiger partial charge < -0.3 is 11.5 Å². The molecule has 1 rings (SSSR count). The molecule has 19 heavy (non-hydrogen) atoms. The van der Waals surface area contributed by atoms with E-state index in [1.54, 1.807) is 32.0 Å². The van der Waals surface area contributed by atoms with E-state index in [9.17, 15) is 13.2 Å². The van der Waals surface area contributed by atoms with Gasteiger partial charge in [-0.1, -0.05) is 26.0 Å². The molecular weight excluding hydrogens is 332 g/mol. The topological polar surface area (TPSA) is 103 Å². The van der Waals surface area contributed by atoms with Gasteiger partial charge in [0.25, 0.3) is 5.91 Å². The standard InChI is InChI=1S/C12H17BrN2O3S/c1-8(2)7-12(15,11(14)16)19(17,18)10-6-4-3-5-9(10)13/h3-6,8H,7,15H2,1-2H3,(H2,14,16)/t12-/m1/s1. The van der Waals surface area contributed by atoms with Crippen LogP contribution in [0.3, 0.4) is 0 Å². The van der Waals surface area contributed by atoms with E-state index in [4.69, 9.17) is 11.5 Å². The van der Waals surface area contributed by atoms with E-state index in [2.05, 4.69) is 15.9 Å². The normalized spacial score (nSPS) is 15.2. The molecule has 0 aliphatic heterocycles. The highest BCUT2D eigenvalue weighted by Gasteiger charge is 2.47. The zero-order valence-corrected chi connectivity index (χ0v) is 13.2. The third-order valence-corrected chi connectivity index (χ3v) is 5.95. The fourth-order valence-electron chi connectivity index (χ4n) is 1.81. The molecule has 1 aromatic carbocycles. The average Bonchev–Trinajstić information content (AvgIpc) is 2.27. The Morgan fingerprint density at radius 3 is 2.32 bits per heavy atom. The Morgan fingerprint density at radius 2 is 1.89 bits per heavy atom. The molecule has 0 aromatic heterocycles. The molecule has 0 fully saturated rings. The van der Waals surface area contributed by atoms with E-state index in [1.165, 1.54) is 6.07 Å². The van der Waals surface area contributed by atoms with E-state index in [-0.39, 0.29) is 17.2 Å². The average molecular weight is 349 g/mol. The maximum absolute atomic E-state index is 12.6. The number of halogens is 1. The molecule has 1 atom stereocenters. The van der Waals surface area contributed by atoms with E-state index >= 15 is 0 Å². The molecule has 0 aliphatic rings. The summed E-state index contributed by atoms with van der Waals surface area (Å²) in [7, 11) is -4.07. The summed E-state index contributed by atoms with van der Waals surface area (Å²) in [6, 6.07) is 6.20. The number of sulfone groups is 1. The summed E-state index contributed by atoms with van der Waals surface area (Å²) in [5.41, 5.74) is 11.1. The second-order valence-corrected chi connectivity index (χ2v) is 7.82. The molecule has 4 N–H and O–H groups in total. The van der Waals surface area contributed by atoms with Crippen LogP contribution in [-0.4, -0.2) is 19.2 Å². The fourth-order valence-corrected chi connectivity index (χ4v) is 4.52. The van der Waals surface area contributed by atoms with Crippen LogP contribution in [0.15, 0.2) is 33.6 Å². The highest BCUT2D eigenvalue weighted by molar-refractivity contribution is 9.10. The van der Waals surface area contributed by atoms with Crippen molar-refractivity contribution in [3.63, 3.8) is 0 Å². The monoisotopic (exact) mass is 348 g/mol. The number of nitrogens with two attached hydrogens (primary N) is 2. The Morgan fingerprint density at radius 1 is 1.37 bits per heavy atom. The lowest BCUT2D eigenvalue weighted by Crippen LogP contribution is -2.58. The molecule has 5 nitrogen and oxygen atoms in total. The van der Waals surface area contributed by atoms with E-state index < -0.39 is 20.6 Å². The predicted molar refractivity (Wildman–Crippen MR) is 76.9 cm³/mol. The molecule has 0 radical (unpaired) electrons. The van der Waals surface area contributed by atoms with Gasteiger partial charge in [-0.15, -0.1) is 0 Å². The summed E-state index contributed by atoms with van der Waals surface area (Å²) >= 11 is 3.15. The van der Waals surface area contributed by atoms with Gasteiger partial charge in [-0.05, 0) is 40.4 Å². The van der Waals surface area contributed by atoms with Gasteiger partial charge in [-0.25, -0.2) is 8.42 Å². The lowest BCUT2D eigenvalue weighted by molar-refractivity contribution is -0.120. The minimum Gasteiger partial charge on any atom is -0.367 e. The summed E-state index contributed by atoms with van der Waals surface area (Å²) in [5, 5.41) is 0. The first-order valence-corrected chi connectivity index (χ1v) is 7.98. The number of benzene rings is 1. The van der Waals surface area contributed by atoms with Crippen molar-refractivity contribution in [3.05, 3.63) is 28.7 Å². The zero-order valence-electron chi connectivity index (χ0n) is 10.8. The van der Waals surface area contributed by atoms with Gasteiger partial charge in [0.2, 0.25) is 14.7 Å². The van der Waals surface area contributed by atoms with Crippen molar-refractivity contribution in [2.45, 2.75) is 30.0 Å². The van der Waals surface area contributed by atoms with Gasteiger partial charge in [0.15, 0.2) is 0 Å². The van der Waals surface area contributed by atoms with Crippen LogP contribution in [0.25, 0.3) is 0 Å². The van der Waals surface area contributed by atoms with Crippen LogP contribution in [0.2, 0.25) is 0 Å². The Labute approximate surface area is 121 Å².